The van der Waals surface area contributed by atoms with E-state index in [1.165, 1.54) is 11.6 Å². The molecule has 1 unspecified atom stereocenters. The van der Waals surface area contributed by atoms with Crippen molar-refractivity contribution >= 4 is 41.3 Å². The standard InChI is InChI=1S/C18H21FN4S.HI/c1-3-21-18(22-10-13(2)16-6-7-24-12-16)23-11-15-5-4-14(9-20)8-17(15)19;/h4-8,12-13H,3,10-11H2,1-2H3,(H2,21,22,23);1H. The lowest BCUT2D eigenvalue weighted by molar-refractivity contribution is 0.609. The highest BCUT2D eigenvalue weighted by molar-refractivity contribution is 14.0. The summed E-state index contributed by atoms with van der Waals surface area (Å²) in [6, 6.07) is 8.49. The second-order valence-electron chi connectivity index (χ2n) is 5.45. The van der Waals surface area contributed by atoms with Crippen LogP contribution in [-0.2, 0) is 6.54 Å². The first-order valence-corrected chi connectivity index (χ1v) is 8.81. The van der Waals surface area contributed by atoms with Gasteiger partial charge in [-0.15, -0.1) is 24.0 Å². The number of hydrogen-bond acceptors (Lipinski definition) is 3. The summed E-state index contributed by atoms with van der Waals surface area (Å²) in [5.41, 5.74) is 2.08. The molecule has 1 heterocycles. The van der Waals surface area contributed by atoms with Gasteiger partial charge in [0.25, 0.3) is 0 Å². The summed E-state index contributed by atoms with van der Waals surface area (Å²) in [7, 11) is 0. The van der Waals surface area contributed by atoms with Gasteiger partial charge in [0.15, 0.2) is 5.96 Å². The third-order valence-corrected chi connectivity index (χ3v) is 4.32. The van der Waals surface area contributed by atoms with Crippen molar-refractivity contribution < 1.29 is 4.39 Å². The van der Waals surface area contributed by atoms with E-state index in [1.54, 1.807) is 23.5 Å². The van der Waals surface area contributed by atoms with E-state index in [1.807, 2.05) is 13.0 Å². The van der Waals surface area contributed by atoms with Gasteiger partial charge in [-0.25, -0.2) is 9.38 Å². The minimum atomic E-state index is -0.403. The minimum absolute atomic E-state index is 0. The monoisotopic (exact) mass is 472 g/mol. The van der Waals surface area contributed by atoms with Gasteiger partial charge < -0.3 is 10.6 Å². The van der Waals surface area contributed by atoms with Crippen LogP contribution in [0.15, 0.2) is 40.0 Å². The molecule has 4 nitrogen and oxygen atoms in total. The smallest absolute Gasteiger partial charge is 0.191 e. The van der Waals surface area contributed by atoms with Gasteiger partial charge >= 0.3 is 0 Å². The van der Waals surface area contributed by atoms with Crippen LogP contribution in [0, 0.1) is 17.1 Å². The van der Waals surface area contributed by atoms with Crippen molar-refractivity contribution in [2.24, 2.45) is 4.99 Å². The molecule has 0 aliphatic heterocycles. The number of benzene rings is 1. The molecule has 0 amide bonds. The molecule has 0 aliphatic carbocycles. The molecule has 2 rings (SSSR count). The van der Waals surface area contributed by atoms with E-state index in [-0.39, 0.29) is 30.5 Å². The molecule has 1 atom stereocenters. The summed E-state index contributed by atoms with van der Waals surface area (Å²) in [6.07, 6.45) is 0. The number of guanidine groups is 1. The third kappa shape index (κ3) is 6.63. The fraction of sp³-hybridized carbons (Fsp3) is 0.333. The molecule has 0 radical (unpaired) electrons. The van der Waals surface area contributed by atoms with Gasteiger partial charge in [0, 0.05) is 18.7 Å². The number of aliphatic imine (C=N–C) groups is 1. The molecule has 0 fully saturated rings. The average Bonchev–Trinajstić information content (AvgIpc) is 3.12. The van der Waals surface area contributed by atoms with E-state index in [0.29, 0.717) is 23.0 Å². The zero-order valence-electron chi connectivity index (χ0n) is 14.3. The highest BCUT2D eigenvalue weighted by Gasteiger charge is 2.08. The molecule has 1 aromatic heterocycles. The Hall–Kier alpha value is -1.66. The molecule has 0 bridgehead atoms. The maximum absolute atomic E-state index is 13.9. The predicted molar refractivity (Wildman–Crippen MR) is 112 cm³/mol. The minimum Gasteiger partial charge on any atom is -0.357 e. The van der Waals surface area contributed by atoms with E-state index < -0.39 is 5.82 Å². The quantitative estimate of drug-likeness (QED) is 0.376. The summed E-state index contributed by atoms with van der Waals surface area (Å²) in [4.78, 5) is 4.43. The van der Waals surface area contributed by atoms with Crippen LogP contribution in [0.3, 0.4) is 0 Å². The molecule has 0 saturated heterocycles. The van der Waals surface area contributed by atoms with Crippen LogP contribution in [0.25, 0.3) is 0 Å². The Morgan fingerprint density at radius 1 is 1.36 bits per heavy atom. The number of nitrogens with zero attached hydrogens (tertiary/aromatic N) is 2. The van der Waals surface area contributed by atoms with Crippen LogP contribution in [0.1, 0.15) is 36.5 Å². The van der Waals surface area contributed by atoms with Crippen LogP contribution in [-0.4, -0.2) is 19.0 Å². The second-order valence-corrected chi connectivity index (χ2v) is 6.23. The van der Waals surface area contributed by atoms with Gasteiger partial charge in [0.05, 0.1) is 18.2 Å². The number of nitriles is 1. The molecule has 2 aromatic rings. The van der Waals surface area contributed by atoms with Crippen molar-refractivity contribution in [1.29, 1.82) is 5.26 Å². The van der Waals surface area contributed by atoms with E-state index in [2.05, 4.69) is 39.4 Å². The average molecular weight is 472 g/mol. The molecule has 0 saturated carbocycles. The lowest BCUT2D eigenvalue weighted by Gasteiger charge is -2.15. The van der Waals surface area contributed by atoms with Gasteiger partial charge in [0.2, 0.25) is 0 Å². The van der Waals surface area contributed by atoms with E-state index in [4.69, 9.17) is 5.26 Å². The summed E-state index contributed by atoms with van der Waals surface area (Å²) in [5.74, 6) is 0.621. The number of hydrogen-bond donors (Lipinski definition) is 2. The van der Waals surface area contributed by atoms with Crippen LogP contribution in [0.2, 0.25) is 0 Å². The number of thiophene rings is 1. The molecular weight excluding hydrogens is 450 g/mol. The Morgan fingerprint density at radius 3 is 2.76 bits per heavy atom. The van der Waals surface area contributed by atoms with Gasteiger partial charge in [-0.1, -0.05) is 13.0 Å². The summed E-state index contributed by atoms with van der Waals surface area (Å²) in [6.45, 7) is 5.84. The fourth-order valence-electron chi connectivity index (χ4n) is 2.17. The largest absolute Gasteiger partial charge is 0.357 e. The topological polar surface area (TPSA) is 60.2 Å². The Labute approximate surface area is 169 Å². The first-order valence-electron chi connectivity index (χ1n) is 7.86. The molecule has 25 heavy (non-hydrogen) atoms. The van der Waals surface area contributed by atoms with Crippen molar-refractivity contribution in [2.45, 2.75) is 26.3 Å². The van der Waals surface area contributed by atoms with Gasteiger partial charge in [-0.3, -0.25) is 0 Å². The molecule has 134 valence electrons. The Balaban J connectivity index is 0.00000312. The molecule has 0 spiro atoms. The highest BCUT2D eigenvalue weighted by atomic mass is 127. The van der Waals surface area contributed by atoms with Crippen molar-refractivity contribution in [1.82, 2.24) is 10.6 Å². The van der Waals surface area contributed by atoms with Crippen molar-refractivity contribution in [3.8, 4) is 6.07 Å². The number of nitrogens with one attached hydrogen (secondary N) is 2. The lowest BCUT2D eigenvalue weighted by Crippen LogP contribution is -2.39. The van der Waals surface area contributed by atoms with Gasteiger partial charge in [-0.2, -0.15) is 16.6 Å². The maximum atomic E-state index is 13.9. The molecular formula is C18H22FIN4S. The van der Waals surface area contributed by atoms with Crippen LogP contribution in [0.5, 0.6) is 0 Å². The normalized spacial score (nSPS) is 12.0. The zero-order chi connectivity index (χ0) is 17.4. The molecule has 7 heteroatoms. The first kappa shape index (κ1) is 21.4. The van der Waals surface area contributed by atoms with Crippen molar-refractivity contribution in [3.05, 3.63) is 57.5 Å². The Kier molecular flexibility index (Phi) is 9.45. The maximum Gasteiger partial charge on any atom is 0.191 e. The molecule has 2 N–H and O–H groups in total. The SMILES string of the molecule is CCNC(=NCc1ccc(C#N)cc1F)NCC(C)c1ccsc1.I. The number of rotatable bonds is 6. The Bertz CT molecular complexity index is 725. The van der Waals surface area contributed by atoms with E-state index in [0.717, 1.165) is 13.1 Å². The molecule has 0 aliphatic rings. The molecule has 1 aromatic carbocycles. The highest BCUT2D eigenvalue weighted by Crippen LogP contribution is 2.17. The van der Waals surface area contributed by atoms with Gasteiger partial charge in [0.1, 0.15) is 5.82 Å². The van der Waals surface area contributed by atoms with Crippen molar-refractivity contribution in [2.75, 3.05) is 13.1 Å². The third-order valence-electron chi connectivity index (χ3n) is 3.62. The van der Waals surface area contributed by atoms with E-state index in [9.17, 15) is 4.39 Å². The van der Waals surface area contributed by atoms with Gasteiger partial charge in [-0.05, 0) is 47.4 Å². The summed E-state index contributed by atoms with van der Waals surface area (Å²) >= 11 is 1.69. The second kappa shape index (κ2) is 11.1. The fourth-order valence-corrected chi connectivity index (χ4v) is 2.96. The summed E-state index contributed by atoms with van der Waals surface area (Å²) in [5, 5.41) is 19.4. The summed E-state index contributed by atoms with van der Waals surface area (Å²) < 4.78 is 13.9. The van der Waals surface area contributed by atoms with Crippen LogP contribution in [0.4, 0.5) is 4.39 Å². The van der Waals surface area contributed by atoms with Crippen molar-refractivity contribution in [3.63, 3.8) is 0 Å². The van der Waals surface area contributed by atoms with Crippen LogP contribution < -0.4 is 10.6 Å². The van der Waals surface area contributed by atoms with Crippen LogP contribution >= 0.6 is 35.3 Å². The zero-order valence-corrected chi connectivity index (χ0v) is 17.4. The lowest BCUT2D eigenvalue weighted by atomic mass is 10.1. The van der Waals surface area contributed by atoms with E-state index >= 15 is 0 Å². The predicted octanol–water partition coefficient (Wildman–Crippen LogP) is 4.24. The Morgan fingerprint density at radius 2 is 2.16 bits per heavy atom. The number of halogens is 2. The first-order chi connectivity index (χ1) is 11.6.